The van der Waals surface area contributed by atoms with E-state index < -0.39 is 36.6 Å². The molecule has 0 amide bonds. The van der Waals surface area contributed by atoms with Gasteiger partial charge in [0.25, 0.3) is 0 Å². The van der Waals surface area contributed by atoms with Gasteiger partial charge >= 0.3 is 18.1 Å². The van der Waals surface area contributed by atoms with Crippen LogP contribution in [0.15, 0.2) is 0 Å². The maximum atomic E-state index is 12.9. The summed E-state index contributed by atoms with van der Waals surface area (Å²) in [4.78, 5) is 40.9. The number of piperidine rings is 1. The van der Waals surface area contributed by atoms with Crippen molar-refractivity contribution < 1.29 is 52.3 Å². The van der Waals surface area contributed by atoms with Gasteiger partial charge in [0.2, 0.25) is 0 Å². The van der Waals surface area contributed by atoms with Crippen molar-refractivity contribution >= 4 is 18.1 Å². The lowest BCUT2D eigenvalue weighted by atomic mass is 9.99. The van der Waals surface area contributed by atoms with Gasteiger partial charge in [0, 0.05) is 51.0 Å². The first-order valence-electron chi connectivity index (χ1n) is 27.0. The maximum Gasteiger partial charge on any atom is 0.508 e. The zero-order chi connectivity index (χ0) is 50.1. The van der Waals surface area contributed by atoms with Gasteiger partial charge in [0.05, 0.1) is 12.5 Å². The molecule has 1 rings (SSSR count). The molecule has 1 saturated heterocycles. The van der Waals surface area contributed by atoms with Gasteiger partial charge in [-0.25, -0.2) is 4.79 Å². The second kappa shape index (κ2) is 47.9. The standard InChI is InChI=1S/C57H93NO11/c1-6-11-15-19-23-31-42-62-55(63-43-32-24-20-16-12-7-2)39-29-27-37-53(59)66-48-52(50-69-57(61)68-47-51-36-35-41-58(10-5)46-51)49-67-54(60)38-28-30-40-56(64-44-33-25-21-17-13-8-3)65-45-34-26-22-18-14-9-4/h51-52,55-56H,6-22,27-30,35-50H2,1-5H3. The molecule has 0 aromatic rings. The third-order valence-corrected chi connectivity index (χ3v) is 11.5. The molecular weight excluding hydrogens is 875 g/mol. The summed E-state index contributed by atoms with van der Waals surface area (Å²) in [5.74, 6) is 23.9. The molecule has 0 aromatic heterocycles. The third kappa shape index (κ3) is 40.7. The number of hydrogen-bond acceptors (Lipinski definition) is 12. The lowest BCUT2D eigenvalue weighted by Gasteiger charge is -2.31. The van der Waals surface area contributed by atoms with Gasteiger partial charge in [0.15, 0.2) is 12.6 Å². The van der Waals surface area contributed by atoms with Gasteiger partial charge in [0.1, 0.15) is 46.2 Å². The second-order valence-corrected chi connectivity index (χ2v) is 17.8. The molecule has 392 valence electrons. The number of esters is 2. The van der Waals surface area contributed by atoms with Crippen molar-refractivity contribution in [1.82, 2.24) is 4.90 Å². The summed E-state index contributed by atoms with van der Waals surface area (Å²) in [5, 5.41) is 0. The number of carbonyl (C=O) groups excluding carboxylic acids is 3. The number of unbranched alkanes of at least 4 members (excludes halogenated alkanes) is 14. The number of likely N-dealkylation sites (tertiary alicyclic amines) is 1. The molecule has 1 aliphatic rings. The molecule has 12 heteroatoms. The fourth-order valence-electron chi connectivity index (χ4n) is 7.24. The van der Waals surface area contributed by atoms with E-state index in [0.29, 0.717) is 38.5 Å². The van der Waals surface area contributed by atoms with Crippen molar-refractivity contribution in [3.63, 3.8) is 0 Å². The lowest BCUT2D eigenvalue weighted by Crippen LogP contribution is -2.37. The van der Waals surface area contributed by atoms with Gasteiger partial charge in [-0.15, -0.1) is 23.7 Å². The van der Waals surface area contributed by atoms with E-state index in [9.17, 15) is 14.4 Å². The van der Waals surface area contributed by atoms with Crippen LogP contribution >= 0.6 is 0 Å². The monoisotopic (exact) mass is 968 g/mol. The molecular formula is C57H93NO11. The molecule has 1 fully saturated rings. The van der Waals surface area contributed by atoms with Crippen molar-refractivity contribution in [1.29, 1.82) is 0 Å². The van der Waals surface area contributed by atoms with Crippen LogP contribution in [0.25, 0.3) is 0 Å². The van der Waals surface area contributed by atoms with E-state index in [4.69, 9.17) is 37.9 Å². The van der Waals surface area contributed by atoms with Crippen LogP contribution in [0.4, 0.5) is 4.79 Å². The van der Waals surface area contributed by atoms with Crippen molar-refractivity contribution in [3.05, 3.63) is 0 Å². The first-order chi connectivity index (χ1) is 33.8. The van der Waals surface area contributed by atoms with Crippen molar-refractivity contribution in [2.75, 3.05) is 72.5 Å². The molecule has 1 atom stereocenters. The van der Waals surface area contributed by atoms with Crippen LogP contribution in [-0.4, -0.2) is 108 Å². The zero-order valence-electron chi connectivity index (χ0n) is 43.9. The summed E-state index contributed by atoms with van der Waals surface area (Å²) < 4.78 is 46.0. The average Bonchev–Trinajstić information content (AvgIpc) is 3.36. The minimum Gasteiger partial charge on any atom is -0.465 e. The molecule has 0 bridgehead atoms. The van der Waals surface area contributed by atoms with Crippen LogP contribution in [0, 0.1) is 59.2 Å². The molecule has 1 heterocycles. The highest BCUT2D eigenvalue weighted by Gasteiger charge is 2.22. The Labute approximate surface area is 419 Å². The van der Waals surface area contributed by atoms with Gasteiger partial charge < -0.3 is 42.8 Å². The highest BCUT2D eigenvalue weighted by Crippen LogP contribution is 2.17. The Morgan fingerprint density at radius 2 is 0.899 bits per heavy atom. The minimum atomic E-state index is -0.792. The SMILES string of the molecule is CCCCCC#CCOC(CCCCC(=O)OCC(COC(=O)CCCCC(OCC#CCCCCC)OCC#CCCCCC)COC(=O)OCC1CCCN(CC)C1)OCC#CCCCCC. The summed E-state index contributed by atoms with van der Waals surface area (Å²) >= 11 is 0. The van der Waals surface area contributed by atoms with Crippen LogP contribution < -0.4 is 0 Å². The molecule has 1 unspecified atom stereocenters. The Bertz CT molecular complexity index is 1380. The lowest BCUT2D eigenvalue weighted by molar-refractivity contribution is -0.150. The van der Waals surface area contributed by atoms with E-state index in [2.05, 4.69) is 86.9 Å². The van der Waals surface area contributed by atoms with E-state index in [1.807, 2.05) is 0 Å². The summed E-state index contributed by atoms with van der Waals surface area (Å²) in [6.45, 7) is 14.8. The molecule has 0 N–H and O–H groups in total. The minimum absolute atomic E-state index is 0.0878. The first-order valence-corrected chi connectivity index (χ1v) is 27.0. The molecule has 69 heavy (non-hydrogen) atoms. The Hall–Kier alpha value is -3.75. The van der Waals surface area contributed by atoms with Gasteiger partial charge in [-0.2, -0.15) is 0 Å². The second-order valence-electron chi connectivity index (χ2n) is 17.8. The van der Waals surface area contributed by atoms with Crippen LogP contribution in [0.1, 0.15) is 202 Å². The summed E-state index contributed by atoms with van der Waals surface area (Å²) in [6.07, 6.45) is 21.3. The van der Waals surface area contributed by atoms with Crippen molar-refractivity contribution in [2.45, 2.75) is 214 Å². The molecule has 0 aliphatic carbocycles. The Kier molecular flexibility index (Phi) is 43.9. The van der Waals surface area contributed by atoms with Crippen LogP contribution in [-0.2, 0) is 47.5 Å². The fraction of sp³-hybridized carbons (Fsp3) is 0.807. The molecule has 1 aliphatic heterocycles. The molecule has 12 nitrogen and oxygen atoms in total. The van der Waals surface area contributed by atoms with Crippen LogP contribution in [0.2, 0.25) is 0 Å². The highest BCUT2D eigenvalue weighted by atomic mass is 16.7. The average molecular weight is 968 g/mol. The third-order valence-electron chi connectivity index (χ3n) is 11.5. The Morgan fingerprint density at radius 1 is 0.493 bits per heavy atom. The molecule has 0 spiro atoms. The predicted octanol–water partition coefficient (Wildman–Crippen LogP) is 11.7. The fourth-order valence-corrected chi connectivity index (χ4v) is 7.24. The largest absolute Gasteiger partial charge is 0.508 e. The molecule has 0 saturated carbocycles. The highest BCUT2D eigenvalue weighted by molar-refractivity contribution is 5.69. The topological polar surface area (TPSA) is 128 Å². The number of rotatable bonds is 39. The number of ether oxygens (including phenoxy) is 8. The van der Waals surface area contributed by atoms with Crippen LogP contribution in [0.3, 0.4) is 0 Å². The van der Waals surface area contributed by atoms with E-state index in [1.54, 1.807) is 0 Å². The maximum absolute atomic E-state index is 12.9. The zero-order valence-corrected chi connectivity index (χ0v) is 43.9. The van der Waals surface area contributed by atoms with E-state index in [-0.39, 0.29) is 71.6 Å². The Morgan fingerprint density at radius 3 is 1.29 bits per heavy atom. The number of hydrogen-bond donors (Lipinski definition) is 0. The van der Waals surface area contributed by atoms with E-state index in [1.165, 1.54) is 0 Å². The van der Waals surface area contributed by atoms with Gasteiger partial charge in [-0.1, -0.05) is 110 Å². The van der Waals surface area contributed by atoms with Gasteiger partial charge in [-0.05, 0) is 90.1 Å². The van der Waals surface area contributed by atoms with Gasteiger partial charge in [-0.3, -0.25) is 9.59 Å². The summed E-state index contributed by atoms with van der Waals surface area (Å²) in [5.41, 5.74) is 0. The normalized spacial score (nSPS) is 13.4. The molecule has 0 aromatic carbocycles. The van der Waals surface area contributed by atoms with Crippen LogP contribution in [0.5, 0.6) is 0 Å². The van der Waals surface area contributed by atoms with E-state index >= 15 is 0 Å². The van der Waals surface area contributed by atoms with Crippen molar-refractivity contribution in [3.8, 4) is 47.4 Å². The Balaban J connectivity index is 2.73. The predicted molar refractivity (Wildman–Crippen MR) is 274 cm³/mol. The first kappa shape index (κ1) is 63.3. The van der Waals surface area contributed by atoms with E-state index in [0.717, 1.165) is 135 Å². The van der Waals surface area contributed by atoms with Crippen molar-refractivity contribution in [2.24, 2.45) is 11.8 Å². The number of carbonyl (C=O) groups is 3. The quantitative estimate of drug-likeness (QED) is 0.0191. The number of nitrogens with zero attached hydrogens (tertiary/aromatic N) is 1. The molecule has 0 radical (unpaired) electrons. The smallest absolute Gasteiger partial charge is 0.465 e. The summed E-state index contributed by atoms with van der Waals surface area (Å²) in [7, 11) is 0. The summed E-state index contributed by atoms with van der Waals surface area (Å²) in [6, 6.07) is 0.